The first-order valence-electron chi connectivity index (χ1n) is 4.29. The van der Waals surface area contributed by atoms with Crippen LogP contribution in [0.4, 0.5) is 0 Å². The molecule has 2 N–H and O–H groups in total. The van der Waals surface area contributed by atoms with E-state index in [2.05, 4.69) is 11.8 Å². The highest BCUT2D eigenvalue weighted by Crippen LogP contribution is 2.17. The van der Waals surface area contributed by atoms with Crippen molar-refractivity contribution in [2.45, 2.75) is 19.8 Å². The van der Waals surface area contributed by atoms with E-state index in [-0.39, 0.29) is 0 Å². The maximum Gasteiger partial charge on any atom is 0.0105 e. The summed E-state index contributed by atoms with van der Waals surface area (Å²) >= 11 is 0. The van der Waals surface area contributed by atoms with Crippen LogP contribution in [0, 0.1) is 5.92 Å². The molecule has 0 aromatic carbocycles. The van der Waals surface area contributed by atoms with Crippen molar-refractivity contribution in [1.82, 2.24) is 4.90 Å². The minimum absolute atomic E-state index is 0.816. The fourth-order valence-corrected chi connectivity index (χ4v) is 1.63. The van der Waals surface area contributed by atoms with Gasteiger partial charge in [0.1, 0.15) is 0 Å². The second-order valence-electron chi connectivity index (χ2n) is 3.15. The third-order valence-electron chi connectivity index (χ3n) is 2.39. The minimum atomic E-state index is 0.816. The summed E-state index contributed by atoms with van der Waals surface area (Å²) in [5.74, 6) is 0.951. The average molecular weight is 142 g/mol. The van der Waals surface area contributed by atoms with Crippen LogP contribution in [0.25, 0.3) is 0 Å². The molecule has 0 aliphatic carbocycles. The van der Waals surface area contributed by atoms with Crippen LogP contribution in [-0.2, 0) is 0 Å². The number of likely N-dealkylation sites (tertiary alicyclic amines) is 1. The monoisotopic (exact) mass is 142 g/mol. The lowest BCUT2D eigenvalue weighted by molar-refractivity contribution is 0.331. The largest absolute Gasteiger partial charge is 0.329 e. The van der Waals surface area contributed by atoms with Crippen LogP contribution in [0.3, 0.4) is 0 Å². The van der Waals surface area contributed by atoms with Crippen LogP contribution in [0.1, 0.15) is 19.8 Å². The van der Waals surface area contributed by atoms with Gasteiger partial charge in [0.25, 0.3) is 0 Å². The molecule has 0 amide bonds. The van der Waals surface area contributed by atoms with Crippen molar-refractivity contribution in [3.8, 4) is 0 Å². The van der Waals surface area contributed by atoms with Gasteiger partial charge in [0.2, 0.25) is 0 Å². The first kappa shape index (κ1) is 8.02. The van der Waals surface area contributed by atoms with Gasteiger partial charge in [0.15, 0.2) is 0 Å². The molecule has 1 unspecified atom stereocenters. The zero-order valence-electron chi connectivity index (χ0n) is 6.84. The Morgan fingerprint density at radius 3 is 2.90 bits per heavy atom. The molecule has 1 atom stereocenters. The van der Waals surface area contributed by atoms with Gasteiger partial charge in [-0.05, 0) is 18.9 Å². The standard InChI is InChI=1S/C8H18N2/c1-2-8-3-5-10(7-8)6-4-9/h8H,2-7,9H2,1H3. The van der Waals surface area contributed by atoms with Gasteiger partial charge in [-0.15, -0.1) is 0 Å². The number of hydrogen-bond acceptors (Lipinski definition) is 2. The first-order chi connectivity index (χ1) is 4.86. The van der Waals surface area contributed by atoms with Gasteiger partial charge in [0, 0.05) is 19.6 Å². The lowest BCUT2D eigenvalue weighted by Gasteiger charge is -2.13. The maximum atomic E-state index is 5.45. The van der Waals surface area contributed by atoms with Gasteiger partial charge in [-0.25, -0.2) is 0 Å². The molecular weight excluding hydrogens is 124 g/mol. The van der Waals surface area contributed by atoms with Gasteiger partial charge in [-0.2, -0.15) is 0 Å². The summed E-state index contributed by atoms with van der Waals surface area (Å²) < 4.78 is 0. The molecular formula is C8H18N2. The number of rotatable bonds is 3. The van der Waals surface area contributed by atoms with Gasteiger partial charge in [0.05, 0.1) is 0 Å². The molecule has 0 saturated carbocycles. The second-order valence-corrected chi connectivity index (χ2v) is 3.15. The quantitative estimate of drug-likeness (QED) is 0.628. The summed E-state index contributed by atoms with van der Waals surface area (Å²) in [5, 5.41) is 0. The van der Waals surface area contributed by atoms with Crippen molar-refractivity contribution < 1.29 is 0 Å². The van der Waals surface area contributed by atoms with E-state index < -0.39 is 0 Å². The van der Waals surface area contributed by atoms with Crippen molar-refractivity contribution >= 4 is 0 Å². The highest BCUT2D eigenvalue weighted by molar-refractivity contribution is 4.74. The predicted octanol–water partition coefficient (Wildman–Crippen LogP) is 0.677. The van der Waals surface area contributed by atoms with E-state index >= 15 is 0 Å². The molecule has 60 valence electrons. The van der Waals surface area contributed by atoms with Gasteiger partial charge in [-0.1, -0.05) is 13.3 Å². The number of hydrogen-bond donors (Lipinski definition) is 1. The summed E-state index contributed by atoms with van der Waals surface area (Å²) in [6, 6.07) is 0. The van der Waals surface area contributed by atoms with Gasteiger partial charge >= 0.3 is 0 Å². The Hall–Kier alpha value is -0.0800. The molecule has 1 rings (SSSR count). The zero-order chi connectivity index (χ0) is 7.40. The fourth-order valence-electron chi connectivity index (χ4n) is 1.63. The molecule has 1 fully saturated rings. The minimum Gasteiger partial charge on any atom is -0.329 e. The lowest BCUT2D eigenvalue weighted by atomic mass is 10.1. The summed E-state index contributed by atoms with van der Waals surface area (Å²) in [5.41, 5.74) is 5.45. The Bertz CT molecular complexity index is 93.3. The summed E-state index contributed by atoms with van der Waals surface area (Å²) in [7, 11) is 0. The van der Waals surface area contributed by atoms with E-state index in [9.17, 15) is 0 Å². The van der Waals surface area contributed by atoms with E-state index in [0.29, 0.717) is 0 Å². The van der Waals surface area contributed by atoms with Crippen LogP contribution >= 0.6 is 0 Å². The molecule has 0 radical (unpaired) electrons. The molecule has 1 aliphatic rings. The van der Waals surface area contributed by atoms with Gasteiger partial charge in [-0.3, -0.25) is 0 Å². The van der Waals surface area contributed by atoms with Crippen LogP contribution in [0.5, 0.6) is 0 Å². The van der Waals surface area contributed by atoms with E-state index in [1.807, 2.05) is 0 Å². The van der Waals surface area contributed by atoms with Gasteiger partial charge < -0.3 is 10.6 Å². The van der Waals surface area contributed by atoms with Crippen molar-refractivity contribution in [3.63, 3.8) is 0 Å². The summed E-state index contributed by atoms with van der Waals surface area (Å²) in [6.07, 6.45) is 2.72. The van der Waals surface area contributed by atoms with Crippen LogP contribution < -0.4 is 5.73 Å². The molecule has 10 heavy (non-hydrogen) atoms. The summed E-state index contributed by atoms with van der Waals surface area (Å²) in [4.78, 5) is 2.47. The fraction of sp³-hybridized carbons (Fsp3) is 1.00. The summed E-state index contributed by atoms with van der Waals surface area (Å²) in [6.45, 7) is 6.74. The highest BCUT2D eigenvalue weighted by Gasteiger charge is 2.19. The van der Waals surface area contributed by atoms with Crippen molar-refractivity contribution in [1.29, 1.82) is 0 Å². The smallest absolute Gasteiger partial charge is 0.0105 e. The number of nitrogens with zero attached hydrogens (tertiary/aromatic N) is 1. The van der Waals surface area contributed by atoms with Crippen LogP contribution in [-0.4, -0.2) is 31.1 Å². The Morgan fingerprint density at radius 2 is 2.40 bits per heavy atom. The zero-order valence-corrected chi connectivity index (χ0v) is 6.84. The molecule has 1 heterocycles. The molecule has 1 saturated heterocycles. The lowest BCUT2D eigenvalue weighted by Crippen LogP contribution is -2.27. The molecule has 0 spiro atoms. The second kappa shape index (κ2) is 3.94. The molecule has 2 heteroatoms. The normalized spacial score (nSPS) is 27.6. The van der Waals surface area contributed by atoms with Crippen molar-refractivity contribution in [3.05, 3.63) is 0 Å². The van der Waals surface area contributed by atoms with E-state index in [0.717, 1.165) is 19.0 Å². The Labute approximate surface area is 63.4 Å². The maximum absolute atomic E-state index is 5.45. The Kier molecular flexibility index (Phi) is 3.16. The third-order valence-corrected chi connectivity index (χ3v) is 2.39. The molecule has 0 aromatic heterocycles. The van der Waals surface area contributed by atoms with Crippen LogP contribution in [0.15, 0.2) is 0 Å². The van der Waals surface area contributed by atoms with E-state index in [4.69, 9.17) is 5.73 Å². The number of nitrogens with two attached hydrogens (primary N) is 1. The van der Waals surface area contributed by atoms with Crippen molar-refractivity contribution in [2.24, 2.45) is 11.7 Å². The Balaban J connectivity index is 2.15. The average Bonchev–Trinajstić information content (AvgIpc) is 2.37. The SMILES string of the molecule is CCC1CCN(CCN)C1. The van der Waals surface area contributed by atoms with Crippen molar-refractivity contribution in [2.75, 3.05) is 26.2 Å². The topological polar surface area (TPSA) is 29.3 Å². The molecule has 1 aliphatic heterocycles. The molecule has 2 nitrogen and oxygen atoms in total. The third kappa shape index (κ3) is 1.96. The highest BCUT2D eigenvalue weighted by atomic mass is 15.1. The van der Waals surface area contributed by atoms with E-state index in [1.165, 1.54) is 25.9 Å². The molecule has 0 aromatic rings. The predicted molar refractivity (Wildman–Crippen MR) is 43.9 cm³/mol. The van der Waals surface area contributed by atoms with Crippen LogP contribution in [0.2, 0.25) is 0 Å². The van der Waals surface area contributed by atoms with E-state index in [1.54, 1.807) is 0 Å². The first-order valence-corrected chi connectivity index (χ1v) is 4.29. The Morgan fingerprint density at radius 1 is 1.60 bits per heavy atom. The molecule has 0 bridgehead atoms.